The van der Waals surface area contributed by atoms with E-state index in [0.717, 1.165) is 11.1 Å². The minimum absolute atomic E-state index is 0.00119. The first-order chi connectivity index (χ1) is 19.7. The second-order valence-electron chi connectivity index (χ2n) is 10.2. The van der Waals surface area contributed by atoms with Gasteiger partial charge in [-0.05, 0) is 56.7 Å². The van der Waals surface area contributed by atoms with Gasteiger partial charge in [-0.2, -0.15) is 0 Å². The molecule has 1 fully saturated rings. The SMILES string of the molecule is Cc1cc([C@H](C)Nc2ccc(Cl)nc2-c2cc(F)c3c(c2)C=NOB3O)c2oc(N3CCOCC3)c(C)c(=O)c2c1. The average molecular weight is 577 g/mol. The Bertz CT molecular complexity index is 1760. The van der Waals surface area contributed by atoms with Crippen LogP contribution in [-0.4, -0.2) is 49.6 Å². The van der Waals surface area contributed by atoms with Gasteiger partial charge in [0.1, 0.15) is 16.6 Å². The van der Waals surface area contributed by atoms with Crippen molar-refractivity contribution < 1.29 is 23.3 Å². The van der Waals surface area contributed by atoms with Gasteiger partial charge in [0.2, 0.25) is 5.88 Å². The van der Waals surface area contributed by atoms with E-state index in [1.807, 2.05) is 30.9 Å². The van der Waals surface area contributed by atoms with Crippen LogP contribution in [0.2, 0.25) is 5.15 Å². The Labute approximate surface area is 240 Å². The Morgan fingerprint density at radius 1 is 1.17 bits per heavy atom. The quantitative estimate of drug-likeness (QED) is 0.267. The van der Waals surface area contributed by atoms with E-state index < -0.39 is 12.9 Å². The third-order valence-electron chi connectivity index (χ3n) is 7.40. The predicted molar refractivity (Wildman–Crippen MR) is 158 cm³/mol. The Hall–Kier alpha value is -3.93. The number of aryl methyl sites for hydroxylation is 1. The maximum absolute atomic E-state index is 15.1. The number of nitrogens with one attached hydrogen (secondary N) is 1. The van der Waals surface area contributed by atoms with Crippen LogP contribution in [0.4, 0.5) is 16.0 Å². The highest BCUT2D eigenvalue weighted by molar-refractivity contribution is 6.62. The molecule has 210 valence electrons. The van der Waals surface area contributed by atoms with E-state index in [1.54, 1.807) is 25.1 Å². The van der Waals surface area contributed by atoms with Crippen molar-refractivity contribution in [3.05, 3.63) is 79.8 Å². The van der Waals surface area contributed by atoms with Gasteiger partial charge in [0.15, 0.2) is 5.43 Å². The number of aromatic nitrogens is 1. The third kappa shape index (κ3) is 5.05. The molecule has 1 saturated heterocycles. The summed E-state index contributed by atoms with van der Waals surface area (Å²) in [6.45, 7) is 8.07. The number of rotatable bonds is 5. The molecule has 0 unspecified atom stereocenters. The van der Waals surface area contributed by atoms with Crippen LogP contribution in [0.1, 0.15) is 35.2 Å². The second-order valence-corrected chi connectivity index (χ2v) is 10.6. The number of ether oxygens (including phenoxy) is 1. The first-order valence-corrected chi connectivity index (χ1v) is 13.6. The molecular formula is C29H27BClFN4O5. The molecule has 9 nitrogen and oxygen atoms in total. The van der Waals surface area contributed by atoms with Crippen molar-refractivity contribution >= 4 is 52.9 Å². The fraction of sp³-hybridized carbons (Fsp3) is 0.276. The van der Waals surface area contributed by atoms with E-state index in [9.17, 15) is 9.82 Å². The normalized spacial score (nSPS) is 15.6. The zero-order chi connectivity index (χ0) is 28.8. The van der Waals surface area contributed by atoms with Gasteiger partial charge in [-0.1, -0.05) is 17.7 Å². The highest BCUT2D eigenvalue weighted by Crippen LogP contribution is 2.35. The number of halogens is 2. The molecule has 2 N–H and O–H groups in total. The summed E-state index contributed by atoms with van der Waals surface area (Å²) in [6.07, 6.45) is 1.34. The Morgan fingerprint density at radius 3 is 2.73 bits per heavy atom. The van der Waals surface area contributed by atoms with Gasteiger partial charge in [0, 0.05) is 35.2 Å². The van der Waals surface area contributed by atoms with E-state index in [4.69, 9.17) is 25.5 Å². The molecule has 4 heterocycles. The summed E-state index contributed by atoms with van der Waals surface area (Å²) < 4.78 is 31.8. The van der Waals surface area contributed by atoms with E-state index in [2.05, 4.69) is 15.5 Å². The molecule has 4 aromatic rings. The van der Waals surface area contributed by atoms with Crippen LogP contribution in [0.15, 0.2) is 50.8 Å². The molecule has 0 bridgehead atoms. The summed E-state index contributed by atoms with van der Waals surface area (Å²) in [7, 11) is -1.50. The lowest BCUT2D eigenvalue weighted by Gasteiger charge is -2.29. The third-order valence-corrected chi connectivity index (χ3v) is 7.61. The standard InChI is InChI=1S/C29H27BClFN4O5/c1-15-10-20(28-21(11-15)27(37)16(2)29(40-28)36-6-8-39-9-7-36)17(3)34-23-4-5-24(31)35-26(23)18-12-19-14-33-41-30(38)25(19)22(32)13-18/h4-5,10-14,17,34,38H,6-9H2,1-3H3/t17-/m0/s1. The lowest BCUT2D eigenvalue weighted by atomic mass is 9.75. The minimum atomic E-state index is -1.50. The molecule has 2 aromatic heterocycles. The van der Waals surface area contributed by atoms with Crippen LogP contribution >= 0.6 is 11.6 Å². The van der Waals surface area contributed by atoms with Crippen molar-refractivity contribution in [3.8, 4) is 11.3 Å². The van der Waals surface area contributed by atoms with E-state index in [1.165, 1.54) is 12.3 Å². The molecule has 6 rings (SSSR count). The zero-order valence-corrected chi connectivity index (χ0v) is 23.5. The first kappa shape index (κ1) is 27.3. The number of morpholine rings is 1. The van der Waals surface area contributed by atoms with Crippen molar-refractivity contribution in [1.29, 1.82) is 0 Å². The Balaban J connectivity index is 1.43. The lowest BCUT2D eigenvalue weighted by Crippen LogP contribution is -2.40. The van der Waals surface area contributed by atoms with E-state index in [-0.39, 0.29) is 22.1 Å². The second kappa shape index (κ2) is 10.8. The van der Waals surface area contributed by atoms with Gasteiger partial charge in [-0.15, -0.1) is 5.16 Å². The van der Waals surface area contributed by atoms with Crippen molar-refractivity contribution in [2.24, 2.45) is 5.16 Å². The summed E-state index contributed by atoms with van der Waals surface area (Å²) in [5.41, 5.74) is 4.50. The smallest absolute Gasteiger partial charge is 0.440 e. The number of nitrogens with zero attached hydrogens (tertiary/aromatic N) is 3. The zero-order valence-electron chi connectivity index (χ0n) is 22.7. The lowest BCUT2D eigenvalue weighted by molar-refractivity contribution is 0.120. The topological polar surface area (TPSA) is 109 Å². The highest BCUT2D eigenvalue weighted by atomic mass is 35.5. The fourth-order valence-corrected chi connectivity index (χ4v) is 5.52. The van der Waals surface area contributed by atoms with Gasteiger partial charge >= 0.3 is 7.12 Å². The molecule has 2 aliphatic heterocycles. The number of pyridine rings is 1. The maximum atomic E-state index is 15.1. The van der Waals surface area contributed by atoms with Gasteiger partial charge in [0.25, 0.3) is 0 Å². The Kier molecular flexibility index (Phi) is 7.19. The number of hydrogen-bond acceptors (Lipinski definition) is 9. The first-order valence-electron chi connectivity index (χ1n) is 13.3. The van der Waals surface area contributed by atoms with Crippen LogP contribution in [0.25, 0.3) is 22.2 Å². The molecule has 0 amide bonds. The van der Waals surface area contributed by atoms with Crippen molar-refractivity contribution in [1.82, 2.24) is 4.98 Å². The summed E-state index contributed by atoms with van der Waals surface area (Å²) in [4.78, 5) is 20.0. The van der Waals surface area contributed by atoms with Crippen molar-refractivity contribution in [2.45, 2.75) is 26.8 Å². The summed E-state index contributed by atoms with van der Waals surface area (Å²) in [5.74, 6) is -0.108. The number of benzene rings is 2. The predicted octanol–water partition coefficient (Wildman–Crippen LogP) is 4.33. The van der Waals surface area contributed by atoms with E-state index in [0.29, 0.717) is 71.2 Å². The largest absolute Gasteiger partial charge is 0.586 e. The number of anilines is 2. The summed E-state index contributed by atoms with van der Waals surface area (Å²) in [6, 6.07) is 9.84. The van der Waals surface area contributed by atoms with Crippen LogP contribution in [0, 0.1) is 19.7 Å². The number of fused-ring (bicyclic) bond motifs is 2. The summed E-state index contributed by atoms with van der Waals surface area (Å²) in [5, 5.41) is 17.9. The van der Waals surface area contributed by atoms with Gasteiger partial charge in [-0.3, -0.25) is 4.79 Å². The number of hydrogen-bond donors (Lipinski definition) is 2. The molecule has 2 aliphatic rings. The van der Waals surface area contributed by atoms with Gasteiger partial charge in [0.05, 0.1) is 47.8 Å². The molecule has 2 aromatic carbocycles. The molecule has 0 saturated carbocycles. The van der Waals surface area contributed by atoms with E-state index >= 15 is 4.39 Å². The molecule has 1 atom stereocenters. The van der Waals surface area contributed by atoms with Crippen LogP contribution in [0.3, 0.4) is 0 Å². The van der Waals surface area contributed by atoms with Crippen molar-refractivity contribution in [2.75, 3.05) is 36.5 Å². The monoisotopic (exact) mass is 576 g/mol. The van der Waals surface area contributed by atoms with Gasteiger partial charge < -0.3 is 29.1 Å². The van der Waals surface area contributed by atoms with Crippen LogP contribution in [-0.2, 0) is 9.49 Å². The molecule has 0 radical (unpaired) electrons. The van der Waals surface area contributed by atoms with Gasteiger partial charge in [-0.25, -0.2) is 9.37 Å². The fourth-order valence-electron chi connectivity index (χ4n) is 5.37. The molecule has 41 heavy (non-hydrogen) atoms. The average Bonchev–Trinajstić information content (AvgIpc) is 2.96. The number of oxime groups is 1. The Morgan fingerprint density at radius 2 is 1.95 bits per heavy atom. The minimum Gasteiger partial charge on any atom is -0.440 e. The summed E-state index contributed by atoms with van der Waals surface area (Å²) >= 11 is 6.27. The van der Waals surface area contributed by atoms with Crippen LogP contribution in [0.5, 0.6) is 0 Å². The maximum Gasteiger partial charge on any atom is 0.586 e. The van der Waals surface area contributed by atoms with Crippen LogP contribution < -0.4 is 21.1 Å². The molecule has 12 heteroatoms. The highest BCUT2D eigenvalue weighted by Gasteiger charge is 2.30. The molecular weight excluding hydrogens is 550 g/mol. The van der Waals surface area contributed by atoms with Crippen molar-refractivity contribution in [3.63, 3.8) is 0 Å². The molecule has 0 spiro atoms. The molecule has 0 aliphatic carbocycles.